The topological polar surface area (TPSA) is 38.7 Å². The molecule has 1 rings (SSSR count). The number of aliphatic imine (C=N–C) groups is 1. The number of amides is 1. The Morgan fingerprint density at radius 3 is 3.22 bits per heavy atom. The molecule has 1 atom stereocenters. The monoisotopic (exact) mass is 125 g/mol. The summed E-state index contributed by atoms with van der Waals surface area (Å²) in [5.41, 5.74) is 0. The van der Waals surface area contributed by atoms with Gasteiger partial charge in [0.15, 0.2) is 12.5 Å². The van der Waals surface area contributed by atoms with Gasteiger partial charge >= 0.3 is 0 Å². The lowest BCUT2D eigenvalue weighted by Crippen LogP contribution is -2.14. The Morgan fingerprint density at radius 1 is 2.00 bits per heavy atom. The lowest BCUT2D eigenvalue weighted by molar-refractivity contribution is -0.122. The van der Waals surface area contributed by atoms with E-state index in [1.54, 1.807) is 6.08 Å². The van der Waals surface area contributed by atoms with Crippen LogP contribution < -0.4 is 0 Å². The van der Waals surface area contributed by atoms with Crippen molar-refractivity contribution in [1.29, 1.82) is 0 Å². The number of nitrogens with zero attached hydrogens (tertiary/aromatic N) is 1. The Morgan fingerprint density at radius 2 is 2.78 bits per heavy atom. The molecule has 1 aliphatic heterocycles. The minimum Gasteiger partial charge on any atom is -0.470 e. The van der Waals surface area contributed by atoms with E-state index in [1.165, 1.54) is 6.40 Å². The molecular formula is C6H7NO2. The fourth-order valence-electron chi connectivity index (χ4n) is 0.605. The maximum Gasteiger partial charge on any atom is 0.289 e. The van der Waals surface area contributed by atoms with Gasteiger partial charge in [-0.2, -0.15) is 4.99 Å². The fraction of sp³-hybridized carbons (Fsp3) is 0.333. The van der Waals surface area contributed by atoms with Gasteiger partial charge in [0, 0.05) is 6.42 Å². The van der Waals surface area contributed by atoms with E-state index in [0.717, 1.165) is 0 Å². The first-order chi connectivity index (χ1) is 4.34. The predicted molar refractivity (Wildman–Crippen MR) is 33.2 cm³/mol. The molecule has 1 aliphatic rings. The summed E-state index contributed by atoms with van der Waals surface area (Å²) in [7, 11) is 0. The Labute approximate surface area is 53.0 Å². The Bertz CT molecular complexity index is 162. The second kappa shape index (κ2) is 2.44. The number of hydrogen-bond acceptors (Lipinski definition) is 2. The van der Waals surface area contributed by atoms with E-state index in [2.05, 4.69) is 11.6 Å². The van der Waals surface area contributed by atoms with Crippen LogP contribution in [-0.4, -0.2) is 18.4 Å². The number of hydrogen-bond donors (Lipinski definition) is 0. The third-order valence-electron chi connectivity index (χ3n) is 1.06. The highest BCUT2D eigenvalue weighted by Gasteiger charge is 2.20. The Kier molecular flexibility index (Phi) is 1.63. The standard InChI is InChI=1S/C6H7NO2/c1-2-3-5-6(8)7-4-9-5/h2,4-5H,1,3H2. The average Bonchev–Trinajstić information content (AvgIpc) is 2.18. The van der Waals surface area contributed by atoms with E-state index in [9.17, 15) is 4.79 Å². The second-order valence-corrected chi connectivity index (χ2v) is 1.72. The molecule has 0 saturated heterocycles. The van der Waals surface area contributed by atoms with Gasteiger partial charge in [-0.1, -0.05) is 6.08 Å². The van der Waals surface area contributed by atoms with Gasteiger partial charge in [-0.3, -0.25) is 4.79 Å². The third-order valence-corrected chi connectivity index (χ3v) is 1.06. The van der Waals surface area contributed by atoms with Crippen LogP contribution in [0.3, 0.4) is 0 Å². The highest BCUT2D eigenvalue weighted by Crippen LogP contribution is 2.05. The summed E-state index contributed by atoms with van der Waals surface area (Å²) in [6, 6.07) is 0. The number of ether oxygens (including phenoxy) is 1. The molecule has 0 aromatic heterocycles. The molecule has 0 aromatic carbocycles. The van der Waals surface area contributed by atoms with Gasteiger partial charge in [0.2, 0.25) is 0 Å². The van der Waals surface area contributed by atoms with Gasteiger partial charge in [0.25, 0.3) is 5.91 Å². The van der Waals surface area contributed by atoms with Crippen LogP contribution in [0, 0.1) is 0 Å². The molecule has 48 valence electrons. The van der Waals surface area contributed by atoms with Gasteiger partial charge in [-0.15, -0.1) is 6.58 Å². The van der Waals surface area contributed by atoms with Crippen LogP contribution in [0.15, 0.2) is 17.6 Å². The minimum absolute atomic E-state index is 0.213. The van der Waals surface area contributed by atoms with Crippen molar-refractivity contribution in [3.8, 4) is 0 Å². The van der Waals surface area contributed by atoms with Crippen molar-refractivity contribution >= 4 is 12.3 Å². The van der Waals surface area contributed by atoms with Crippen LogP contribution in [0.2, 0.25) is 0 Å². The van der Waals surface area contributed by atoms with E-state index >= 15 is 0 Å². The normalized spacial score (nSPS) is 24.0. The summed E-state index contributed by atoms with van der Waals surface area (Å²) in [5, 5.41) is 0. The van der Waals surface area contributed by atoms with Crippen LogP contribution in [0.4, 0.5) is 0 Å². The van der Waals surface area contributed by atoms with Crippen molar-refractivity contribution in [2.75, 3.05) is 0 Å². The van der Waals surface area contributed by atoms with Gasteiger partial charge in [-0.05, 0) is 0 Å². The highest BCUT2D eigenvalue weighted by molar-refractivity contribution is 5.91. The van der Waals surface area contributed by atoms with E-state index in [-0.39, 0.29) is 5.91 Å². The highest BCUT2D eigenvalue weighted by atomic mass is 16.5. The number of carbonyl (C=O) groups excluding carboxylic acids is 1. The molecule has 1 heterocycles. The van der Waals surface area contributed by atoms with E-state index in [0.29, 0.717) is 6.42 Å². The number of rotatable bonds is 2. The maximum absolute atomic E-state index is 10.6. The van der Waals surface area contributed by atoms with Crippen molar-refractivity contribution in [3.05, 3.63) is 12.7 Å². The SMILES string of the molecule is C=CCC1OC=NC1=O. The molecule has 0 saturated carbocycles. The van der Waals surface area contributed by atoms with Gasteiger partial charge in [0.1, 0.15) is 0 Å². The first-order valence-electron chi connectivity index (χ1n) is 2.67. The lowest BCUT2D eigenvalue weighted by atomic mass is 10.2. The molecule has 9 heavy (non-hydrogen) atoms. The first kappa shape index (κ1) is 6.01. The summed E-state index contributed by atoms with van der Waals surface area (Å²) in [4.78, 5) is 14.0. The van der Waals surface area contributed by atoms with Crippen LogP contribution in [0.25, 0.3) is 0 Å². The second-order valence-electron chi connectivity index (χ2n) is 1.72. The van der Waals surface area contributed by atoms with Gasteiger partial charge in [0.05, 0.1) is 0 Å². The molecule has 0 spiro atoms. The van der Waals surface area contributed by atoms with E-state index in [1.807, 2.05) is 0 Å². The van der Waals surface area contributed by atoms with Crippen LogP contribution >= 0.6 is 0 Å². The smallest absolute Gasteiger partial charge is 0.289 e. The molecule has 0 aromatic rings. The summed E-state index contributed by atoms with van der Waals surface area (Å²) in [6.45, 7) is 3.47. The Balaban J connectivity index is 2.45. The van der Waals surface area contributed by atoms with E-state index in [4.69, 9.17) is 4.74 Å². The minimum atomic E-state index is -0.400. The van der Waals surface area contributed by atoms with Crippen molar-refractivity contribution in [3.63, 3.8) is 0 Å². The van der Waals surface area contributed by atoms with Crippen molar-refractivity contribution < 1.29 is 9.53 Å². The third kappa shape index (κ3) is 1.16. The first-order valence-corrected chi connectivity index (χ1v) is 2.67. The maximum atomic E-state index is 10.6. The summed E-state index contributed by atoms with van der Waals surface area (Å²) in [6.07, 6.45) is 2.95. The predicted octanol–water partition coefficient (Wildman–Crippen LogP) is 0.516. The van der Waals surface area contributed by atoms with Crippen LogP contribution in [0.5, 0.6) is 0 Å². The molecule has 0 aliphatic carbocycles. The van der Waals surface area contributed by atoms with Crippen molar-refractivity contribution in [2.45, 2.75) is 12.5 Å². The molecule has 0 radical (unpaired) electrons. The van der Waals surface area contributed by atoms with Crippen molar-refractivity contribution in [2.24, 2.45) is 4.99 Å². The van der Waals surface area contributed by atoms with Crippen LogP contribution in [-0.2, 0) is 9.53 Å². The quantitative estimate of drug-likeness (QED) is 0.504. The van der Waals surface area contributed by atoms with Crippen molar-refractivity contribution in [1.82, 2.24) is 0 Å². The molecule has 1 amide bonds. The average molecular weight is 125 g/mol. The largest absolute Gasteiger partial charge is 0.470 e. The molecule has 3 nitrogen and oxygen atoms in total. The molecule has 3 heteroatoms. The molecular weight excluding hydrogens is 118 g/mol. The number of carbonyl (C=O) groups is 1. The van der Waals surface area contributed by atoms with Gasteiger partial charge in [-0.25, -0.2) is 0 Å². The van der Waals surface area contributed by atoms with Gasteiger partial charge < -0.3 is 4.74 Å². The van der Waals surface area contributed by atoms with E-state index < -0.39 is 6.10 Å². The summed E-state index contributed by atoms with van der Waals surface area (Å²) < 4.78 is 4.79. The molecule has 0 fully saturated rings. The zero-order valence-corrected chi connectivity index (χ0v) is 4.91. The summed E-state index contributed by atoms with van der Waals surface area (Å²) >= 11 is 0. The zero-order valence-electron chi connectivity index (χ0n) is 4.91. The zero-order chi connectivity index (χ0) is 6.69. The molecule has 0 bridgehead atoms. The fourth-order valence-corrected chi connectivity index (χ4v) is 0.605. The van der Waals surface area contributed by atoms with Crippen LogP contribution in [0.1, 0.15) is 6.42 Å². The Hall–Kier alpha value is -1.12. The lowest BCUT2D eigenvalue weighted by Gasteiger charge is -2.00. The molecule has 0 N–H and O–H groups in total. The summed E-state index contributed by atoms with van der Waals surface area (Å²) in [5.74, 6) is -0.213. The molecule has 1 unspecified atom stereocenters.